The number of rotatable bonds is 3. The molecule has 0 aromatic rings. The molecular weight excluding hydrogens is 266 g/mol. The van der Waals surface area contributed by atoms with Gasteiger partial charge in [0.25, 0.3) is 0 Å². The van der Waals surface area contributed by atoms with Gasteiger partial charge in [-0.2, -0.15) is 0 Å². The van der Waals surface area contributed by atoms with E-state index in [4.69, 9.17) is 9.47 Å². The molecule has 3 atom stereocenters. The zero-order valence-corrected chi connectivity index (χ0v) is 13.8. The van der Waals surface area contributed by atoms with Crippen LogP contribution in [0.25, 0.3) is 0 Å². The van der Waals surface area contributed by atoms with E-state index < -0.39 is 0 Å². The van der Waals surface area contributed by atoms with Crippen molar-refractivity contribution in [2.24, 2.45) is 0 Å². The minimum absolute atomic E-state index is 0.299. The molecule has 3 aliphatic rings. The van der Waals surface area contributed by atoms with E-state index >= 15 is 0 Å². The highest BCUT2D eigenvalue weighted by Crippen LogP contribution is 2.38. The van der Waals surface area contributed by atoms with Crippen molar-refractivity contribution in [2.75, 3.05) is 47.4 Å². The van der Waals surface area contributed by atoms with Crippen LogP contribution < -0.4 is 5.32 Å². The molecule has 2 saturated heterocycles. The molecular formula is C16H31N3O2. The van der Waals surface area contributed by atoms with Crippen LogP contribution in [-0.4, -0.2) is 81.2 Å². The molecule has 1 N–H and O–H groups in total. The number of likely N-dealkylation sites (N-methyl/N-ethyl adjacent to an activating group) is 3. The summed E-state index contributed by atoms with van der Waals surface area (Å²) in [5, 5.41) is 3.53. The molecule has 2 heterocycles. The predicted octanol–water partition coefficient (Wildman–Crippen LogP) is 0.896. The molecule has 0 aromatic carbocycles. The van der Waals surface area contributed by atoms with Gasteiger partial charge < -0.3 is 19.7 Å². The third-order valence-corrected chi connectivity index (χ3v) is 5.70. The topological polar surface area (TPSA) is 37.0 Å². The van der Waals surface area contributed by atoms with Gasteiger partial charge in [0.2, 0.25) is 0 Å². The van der Waals surface area contributed by atoms with E-state index in [9.17, 15) is 0 Å². The molecule has 0 amide bonds. The molecule has 1 spiro atoms. The van der Waals surface area contributed by atoms with Gasteiger partial charge in [-0.3, -0.25) is 4.90 Å². The molecule has 3 fully saturated rings. The van der Waals surface area contributed by atoms with Gasteiger partial charge in [-0.1, -0.05) is 0 Å². The van der Waals surface area contributed by atoms with E-state index in [1.807, 2.05) is 0 Å². The summed E-state index contributed by atoms with van der Waals surface area (Å²) in [5.41, 5.74) is 0. The van der Waals surface area contributed by atoms with Gasteiger partial charge in [0.15, 0.2) is 5.79 Å². The molecule has 3 unspecified atom stereocenters. The Morgan fingerprint density at radius 3 is 2.67 bits per heavy atom. The number of nitrogens with one attached hydrogen (secondary N) is 1. The molecule has 5 nitrogen and oxygen atoms in total. The molecule has 21 heavy (non-hydrogen) atoms. The third kappa shape index (κ3) is 3.27. The van der Waals surface area contributed by atoms with Crippen molar-refractivity contribution < 1.29 is 9.47 Å². The molecule has 5 heteroatoms. The molecule has 3 rings (SSSR count). The van der Waals surface area contributed by atoms with Crippen LogP contribution >= 0.6 is 0 Å². The summed E-state index contributed by atoms with van der Waals surface area (Å²) in [5.74, 6) is -0.299. The van der Waals surface area contributed by atoms with Gasteiger partial charge in [-0.05, 0) is 47.0 Å². The van der Waals surface area contributed by atoms with E-state index in [2.05, 4.69) is 36.3 Å². The van der Waals surface area contributed by atoms with E-state index in [0.717, 1.165) is 32.5 Å². The van der Waals surface area contributed by atoms with Gasteiger partial charge in [0.1, 0.15) is 0 Å². The first-order chi connectivity index (χ1) is 10.1. The van der Waals surface area contributed by atoms with Crippen LogP contribution in [0, 0.1) is 0 Å². The van der Waals surface area contributed by atoms with E-state index in [-0.39, 0.29) is 5.79 Å². The Morgan fingerprint density at radius 1 is 1.24 bits per heavy atom. The lowest BCUT2D eigenvalue weighted by Gasteiger charge is -2.48. The third-order valence-electron chi connectivity index (χ3n) is 5.70. The standard InChI is InChI=1S/C16H31N3O2/c1-17-14-6-7-16(20-9-10-21-16)11-15(14)19(3)13-5-4-8-18(2)12-13/h13-15,17H,4-12H2,1-3H3. The number of ether oxygens (including phenoxy) is 2. The highest BCUT2D eigenvalue weighted by atomic mass is 16.7. The lowest BCUT2D eigenvalue weighted by Crippen LogP contribution is -2.60. The largest absolute Gasteiger partial charge is 0.347 e. The first-order valence-electron chi connectivity index (χ1n) is 8.49. The summed E-state index contributed by atoms with van der Waals surface area (Å²) in [6.45, 7) is 3.93. The zero-order valence-electron chi connectivity index (χ0n) is 13.8. The molecule has 2 aliphatic heterocycles. The maximum Gasteiger partial charge on any atom is 0.170 e. The van der Waals surface area contributed by atoms with Gasteiger partial charge >= 0.3 is 0 Å². The van der Waals surface area contributed by atoms with Gasteiger partial charge in [-0.15, -0.1) is 0 Å². The predicted molar refractivity (Wildman–Crippen MR) is 83.4 cm³/mol. The Morgan fingerprint density at radius 2 is 2.00 bits per heavy atom. The SMILES string of the molecule is CNC1CCC2(CC1N(C)C1CCCN(C)C1)OCCO2. The summed E-state index contributed by atoms with van der Waals surface area (Å²) in [7, 11) is 6.63. The van der Waals surface area contributed by atoms with Crippen LogP contribution in [0.3, 0.4) is 0 Å². The fourth-order valence-electron chi connectivity index (χ4n) is 4.40. The zero-order chi connectivity index (χ0) is 14.9. The lowest BCUT2D eigenvalue weighted by atomic mass is 9.83. The first-order valence-corrected chi connectivity index (χ1v) is 8.49. The van der Waals surface area contributed by atoms with Crippen LogP contribution in [0.5, 0.6) is 0 Å². The quantitative estimate of drug-likeness (QED) is 0.837. The fourth-order valence-corrected chi connectivity index (χ4v) is 4.40. The molecule has 0 radical (unpaired) electrons. The summed E-state index contributed by atoms with van der Waals surface area (Å²) in [4.78, 5) is 5.06. The summed E-state index contributed by atoms with van der Waals surface area (Å²) in [6, 6.07) is 1.69. The summed E-state index contributed by atoms with van der Waals surface area (Å²) < 4.78 is 12.0. The van der Waals surface area contributed by atoms with Gasteiger partial charge in [0, 0.05) is 37.5 Å². The fraction of sp³-hybridized carbons (Fsp3) is 1.00. The molecule has 1 saturated carbocycles. The van der Waals surface area contributed by atoms with Crippen molar-refractivity contribution >= 4 is 0 Å². The molecule has 0 aromatic heterocycles. The van der Waals surface area contributed by atoms with Crippen molar-refractivity contribution in [2.45, 2.75) is 56.0 Å². The van der Waals surface area contributed by atoms with Crippen LogP contribution in [0.15, 0.2) is 0 Å². The first kappa shape index (κ1) is 15.7. The Kier molecular flexibility index (Phi) is 4.86. The molecule has 0 bridgehead atoms. The monoisotopic (exact) mass is 297 g/mol. The van der Waals surface area contributed by atoms with Crippen LogP contribution in [0.2, 0.25) is 0 Å². The van der Waals surface area contributed by atoms with Crippen LogP contribution in [0.4, 0.5) is 0 Å². The Labute approximate surface area is 128 Å². The maximum atomic E-state index is 5.98. The average Bonchev–Trinajstić information content (AvgIpc) is 2.94. The Balaban J connectivity index is 1.69. The normalized spacial score (nSPS) is 37.4. The number of piperidine rings is 1. The van der Waals surface area contributed by atoms with Crippen molar-refractivity contribution in [3.63, 3.8) is 0 Å². The summed E-state index contributed by atoms with van der Waals surface area (Å²) in [6.07, 6.45) is 5.76. The van der Waals surface area contributed by atoms with Crippen molar-refractivity contribution in [3.8, 4) is 0 Å². The number of hydrogen-bond donors (Lipinski definition) is 1. The number of likely N-dealkylation sites (tertiary alicyclic amines) is 1. The maximum absolute atomic E-state index is 5.98. The molecule has 1 aliphatic carbocycles. The van der Waals surface area contributed by atoms with E-state index in [1.165, 1.54) is 25.9 Å². The second kappa shape index (κ2) is 6.50. The average molecular weight is 297 g/mol. The van der Waals surface area contributed by atoms with Crippen molar-refractivity contribution in [1.82, 2.24) is 15.1 Å². The second-order valence-electron chi connectivity index (χ2n) is 7.04. The van der Waals surface area contributed by atoms with E-state index in [1.54, 1.807) is 0 Å². The lowest BCUT2D eigenvalue weighted by molar-refractivity contribution is -0.194. The Hall–Kier alpha value is -0.200. The van der Waals surface area contributed by atoms with Gasteiger partial charge in [-0.25, -0.2) is 0 Å². The molecule has 122 valence electrons. The number of nitrogens with zero attached hydrogens (tertiary/aromatic N) is 2. The smallest absolute Gasteiger partial charge is 0.170 e. The minimum atomic E-state index is -0.299. The second-order valence-corrected chi connectivity index (χ2v) is 7.04. The highest BCUT2D eigenvalue weighted by molar-refractivity contribution is 4.97. The van der Waals surface area contributed by atoms with Crippen LogP contribution in [0.1, 0.15) is 32.1 Å². The Bertz CT molecular complexity index is 346. The number of hydrogen-bond acceptors (Lipinski definition) is 5. The minimum Gasteiger partial charge on any atom is -0.347 e. The summed E-state index contributed by atoms with van der Waals surface area (Å²) >= 11 is 0. The van der Waals surface area contributed by atoms with Crippen molar-refractivity contribution in [1.29, 1.82) is 0 Å². The van der Waals surface area contributed by atoms with Crippen molar-refractivity contribution in [3.05, 3.63) is 0 Å². The highest BCUT2D eigenvalue weighted by Gasteiger charge is 2.46. The van der Waals surface area contributed by atoms with Gasteiger partial charge in [0.05, 0.1) is 13.2 Å². The van der Waals surface area contributed by atoms with E-state index in [0.29, 0.717) is 18.1 Å². The van der Waals surface area contributed by atoms with Crippen LogP contribution in [-0.2, 0) is 9.47 Å².